The van der Waals surface area contributed by atoms with Gasteiger partial charge >= 0.3 is 6.09 Å². The van der Waals surface area contributed by atoms with Gasteiger partial charge in [-0.1, -0.05) is 44.5 Å². The molecule has 3 aromatic rings. The van der Waals surface area contributed by atoms with E-state index in [2.05, 4.69) is 33.9 Å². The number of amides is 2. The van der Waals surface area contributed by atoms with Gasteiger partial charge in [0.15, 0.2) is 0 Å². The molecule has 2 amide bonds. The van der Waals surface area contributed by atoms with Crippen molar-refractivity contribution < 1.29 is 18.7 Å². The molecular formula is C26H32FN5O3. The van der Waals surface area contributed by atoms with Gasteiger partial charge < -0.3 is 25.7 Å². The molecular weight excluding hydrogens is 449 g/mol. The number of ether oxygens (including phenoxy) is 1. The van der Waals surface area contributed by atoms with Gasteiger partial charge in [-0.15, -0.1) is 0 Å². The molecule has 1 unspecified atom stereocenters. The second-order valence-electron chi connectivity index (χ2n) is 8.30. The summed E-state index contributed by atoms with van der Waals surface area (Å²) < 4.78 is 18.7. The first-order chi connectivity index (χ1) is 16.9. The number of aromatic amines is 1. The minimum Gasteiger partial charge on any atom is -0.453 e. The van der Waals surface area contributed by atoms with Crippen molar-refractivity contribution in [1.82, 2.24) is 20.2 Å². The number of nitrogens with zero attached hydrogens (tertiary/aromatic N) is 2. The molecule has 35 heavy (non-hydrogen) atoms. The number of rotatable bonds is 5. The standard InChI is InChI=1S/C23H24FN5O3.C3H8/c1-32-23(31)27-13-21(30)29-10-2-3-20(29)22-26-12-19(28-22)15-6-4-14(5-7-15)17-9-8-16(25)11-18(17)24;1-3-2/h4-9,11-12,20H,2-3,10,13,25H2,1H3,(H,26,28)(H,27,31);3H2,1-2H3. The Morgan fingerprint density at radius 1 is 1.20 bits per heavy atom. The van der Waals surface area contributed by atoms with Crippen LogP contribution in [0, 0.1) is 5.82 Å². The average Bonchev–Trinajstić information content (AvgIpc) is 3.53. The molecule has 1 saturated heterocycles. The van der Waals surface area contributed by atoms with Crippen LogP contribution in [0.15, 0.2) is 48.7 Å². The third kappa shape index (κ3) is 6.38. The van der Waals surface area contributed by atoms with Crippen LogP contribution in [0.25, 0.3) is 22.4 Å². The van der Waals surface area contributed by atoms with Gasteiger partial charge in [-0.05, 0) is 42.2 Å². The van der Waals surface area contributed by atoms with Crippen LogP contribution in [0.2, 0.25) is 0 Å². The Morgan fingerprint density at radius 3 is 2.54 bits per heavy atom. The number of imidazole rings is 1. The highest BCUT2D eigenvalue weighted by Gasteiger charge is 2.32. The minimum atomic E-state index is -0.642. The first-order valence-electron chi connectivity index (χ1n) is 11.7. The van der Waals surface area contributed by atoms with Crippen molar-refractivity contribution in [2.45, 2.75) is 39.2 Å². The molecule has 0 saturated carbocycles. The van der Waals surface area contributed by atoms with Crippen molar-refractivity contribution in [3.05, 3.63) is 60.3 Å². The Morgan fingerprint density at radius 2 is 1.89 bits per heavy atom. The zero-order valence-corrected chi connectivity index (χ0v) is 20.3. The SMILES string of the molecule is CCC.COC(=O)NCC(=O)N1CCCC1c1ncc(-c2ccc(-c3ccc(N)cc3F)cc2)[nH]1. The number of hydrogen-bond donors (Lipinski definition) is 3. The third-order valence-corrected chi connectivity index (χ3v) is 5.55. The van der Waals surface area contributed by atoms with E-state index >= 15 is 0 Å². The first-order valence-corrected chi connectivity index (χ1v) is 11.7. The summed E-state index contributed by atoms with van der Waals surface area (Å²) >= 11 is 0. The fourth-order valence-corrected chi connectivity index (χ4v) is 3.92. The monoisotopic (exact) mass is 481 g/mol. The lowest BCUT2D eigenvalue weighted by atomic mass is 10.0. The first kappa shape index (κ1) is 25.7. The number of benzene rings is 2. The summed E-state index contributed by atoms with van der Waals surface area (Å²) in [5.74, 6) is 0.137. The van der Waals surface area contributed by atoms with E-state index in [9.17, 15) is 14.0 Å². The second-order valence-corrected chi connectivity index (χ2v) is 8.30. The predicted octanol–water partition coefficient (Wildman–Crippen LogP) is 4.90. The average molecular weight is 482 g/mol. The zero-order valence-electron chi connectivity index (χ0n) is 20.3. The van der Waals surface area contributed by atoms with E-state index in [1.165, 1.54) is 19.6 Å². The molecule has 186 valence electrons. The summed E-state index contributed by atoms with van der Waals surface area (Å²) in [5.41, 5.74) is 8.93. The van der Waals surface area contributed by atoms with Gasteiger partial charge in [0.2, 0.25) is 5.91 Å². The number of nitrogens with two attached hydrogens (primary N) is 1. The molecule has 1 aromatic heterocycles. The summed E-state index contributed by atoms with van der Waals surface area (Å²) in [5, 5.41) is 2.42. The summed E-state index contributed by atoms with van der Waals surface area (Å²) in [6, 6.07) is 11.9. The normalized spacial score (nSPS) is 14.7. The Hall–Kier alpha value is -3.88. The van der Waals surface area contributed by atoms with E-state index in [0.717, 1.165) is 29.7 Å². The van der Waals surface area contributed by atoms with E-state index < -0.39 is 6.09 Å². The van der Waals surface area contributed by atoms with Crippen molar-refractivity contribution in [1.29, 1.82) is 0 Å². The Kier molecular flexibility index (Phi) is 8.83. The number of anilines is 1. The number of aromatic nitrogens is 2. The maximum Gasteiger partial charge on any atom is 0.407 e. The molecule has 8 nitrogen and oxygen atoms in total. The molecule has 0 bridgehead atoms. The number of carbonyl (C=O) groups is 2. The van der Waals surface area contributed by atoms with Crippen molar-refractivity contribution in [2.75, 3.05) is 25.9 Å². The van der Waals surface area contributed by atoms with Crippen LogP contribution in [-0.4, -0.2) is 47.1 Å². The van der Waals surface area contributed by atoms with Crippen molar-refractivity contribution >= 4 is 17.7 Å². The number of nitrogen functional groups attached to an aromatic ring is 1. The number of methoxy groups -OCH3 is 1. The molecule has 1 aliphatic rings. The fourth-order valence-electron chi connectivity index (χ4n) is 3.92. The van der Waals surface area contributed by atoms with Crippen LogP contribution in [0.3, 0.4) is 0 Å². The van der Waals surface area contributed by atoms with Gasteiger partial charge in [0, 0.05) is 17.8 Å². The molecule has 1 atom stereocenters. The number of hydrogen-bond acceptors (Lipinski definition) is 5. The topological polar surface area (TPSA) is 113 Å². The largest absolute Gasteiger partial charge is 0.453 e. The van der Waals surface area contributed by atoms with Gasteiger partial charge in [0.1, 0.15) is 18.2 Å². The molecule has 0 spiro atoms. The van der Waals surface area contributed by atoms with Crippen LogP contribution in [0.1, 0.15) is 45.0 Å². The molecule has 2 aromatic carbocycles. The molecule has 0 radical (unpaired) electrons. The molecule has 9 heteroatoms. The van der Waals surface area contributed by atoms with Crippen molar-refractivity contribution in [3.63, 3.8) is 0 Å². The maximum atomic E-state index is 14.2. The molecule has 0 aliphatic carbocycles. The smallest absolute Gasteiger partial charge is 0.407 e. The van der Waals surface area contributed by atoms with E-state index in [1.54, 1.807) is 23.2 Å². The Balaban J connectivity index is 0.00000108. The summed E-state index contributed by atoms with van der Waals surface area (Å²) in [6.45, 7) is 4.73. The van der Waals surface area contributed by atoms with E-state index in [0.29, 0.717) is 23.6 Å². The number of halogens is 1. The highest BCUT2D eigenvalue weighted by Crippen LogP contribution is 2.32. The number of likely N-dealkylation sites (tertiary alicyclic amines) is 1. The fraction of sp³-hybridized carbons (Fsp3) is 0.346. The summed E-state index contributed by atoms with van der Waals surface area (Å²) in [7, 11) is 1.25. The van der Waals surface area contributed by atoms with Gasteiger partial charge in [-0.2, -0.15) is 0 Å². The van der Waals surface area contributed by atoms with Crippen LogP contribution in [0.4, 0.5) is 14.9 Å². The van der Waals surface area contributed by atoms with Gasteiger partial charge in [-0.3, -0.25) is 4.79 Å². The number of alkyl carbamates (subject to hydrolysis) is 1. The number of H-pyrrole nitrogens is 1. The van der Waals surface area contributed by atoms with Gasteiger partial charge in [-0.25, -0.2) is 14.2 Å². The lowest BCUT2D eigenvalue weighted by Gasteiger charge is -2.23. The molecule has 4 N–H and O–H groups in total. The number of carbonyl (C=O) groups excluding carboxylic acids is 2. The van der Waals surface area contributed by atoms with E-state index in [-0.39, 0.29) is 24.3 Å². The van der Waals surface area contributed by atoms with Crippen LogP contribution < -0.4 is 11.1 Å². The molecule has 4 rings (SSSR count). The van der Waals surface area contributed by atoms with Crippen LogP contribution in [0.5, 0.6) is 0 Å². The van der Waals surface area contributed by atoms with Gasteiger partial charge in [0.05, 0.1) is 25.0 Å². The lowest BCUT2D eigenvalue weighted by molar-refractivity contribution is -0.131. The zero-order chi connectivity index (χ0) is 25.4. The Bertz CT molecular complexity index is 1150. The van der Waals surface area contributed by atoms with E-state index in [4.69, 9.17) is 5.73 Å². The molecule has 2 heterocycles. The molecule has 1 aliphatic heterocycles. The summed E-state index contributed by atoms with van der Waals surface area (Å²) in [4.78, 5) is 33.3. The maximum absolute atomic E-state index is 14.2. The molecule has 1 fully saturated rings. The highest BCUT2D eigenvalue weighted by molar-refractivity contribution is 5.82. The third-order valence-electron chi connectivity index (χ3n) is 5.55. The van der Waals surface area contributed by atoms with Crippen molar-refractivity contribution in [3.8, 4) is 22.4 Å². The lowest BCUT2D eigenvalue weighted by Crippen LogP contribution is -2.40. The van der Waals surface area contributed by atoms with Crippen molar-refractivity contribution in [2.24, 2.45) is 0 Å². The minimum absolute atomic E-state index is 0.125. The van der Waals surface area contributed by atoms with Crippen LogP contribution >= 0.6 is 0 Å². The second kappa shape index (κ2) is 12.0. The highest BCUT2D eigenvalue weighted by atomic mass is 19.1. The van der Waals surface area contributed by atoms with E-state index in [1.807, 2.05) is 24.3 Å². The number of nitrogens with one attached hydrogen (secondary N) is 2. The summed E-state index contributed by atoms with van der Waals surface area (Å²) in [6.07, 6.45) is 3.97. The van der Waals surface area contributed by atoms with Gasteiger partial charge in [0.25, 0.3) is 0 Å². The Labute approximate surface area is 204 Å². The van der Waals surface area contributed by atoms with Crippen LogP contribution in [-0.2, 0) is 9.53 Å². The quantitative estimate of drug-likeness (QED) is 0.449. The predicted molar refractivity (Wildman–Crippen MR) is 134 cm³/mol.